The average molecular weight is 267 g/mol. The standard InChI is InChI=1S/C8H5N5O6/c9-11-10-8(14)4-19-7-2-5(12(15)16)1-6(3-7)13(17)18/h1-3H,4H2. The number of benzene rings is 1. The Morgan fingerprint density at radius 3 is 2.21 bits per heavy atom. The van der Waals surface area contributed by atoms with E-state index in [-0.39, 0.29) is 5.75 Å². The number of non-ortho nitro benzene ring substituents is 2. The van der Waals surface area contributed by atoms with Crippen LogP contribution >= 0.6 is 0 Å². The smallest absolute Gasteiger partial charge is 0.280 e. The van der Waals surface area contributed by atoms with Gasteiger partial charge in [-0.15, -0.1) is 0 Å². The molecular formula is C8H5N5O6. The SMILES string of the molecule is [N-]=[N+]=NC(=O)COc1cc([N+](=O)[O-])cc([N+](=O)[O-])c1. The van der Waals surface area contributed by atoms with E-state index in [0.29, 0.717) is 0 Å². The molecule has 0 atom stereocenters. The summed E-state index contributed by atoms with van der Waals surface area (Å²) in [5.74, 6) is -1.21. The maximum absolute atomic E-state index is 10.8. The highest BCUT2D eigenvalue weighted by Crippen LogP contribution is 2.27. The third kappa shape index (κ3) is 3.94. The van der Waals surface area contributed by atoms with E-state index in [9.17, 15) is 25.0 Å². The molecule has 0 saturated carbocycles. The third-order valence-corrected chi connectivity index (χ3v) is 1.82. The summed E-state index contributed by atoms with van der Waals surface area (Å²) >= 11 is 0. The van der Waals surface area contributed by atoms with Gasteiger partial charge in [0.25, 0.3) is 17.3 Å². The zero-order chi connectivity index (χ0) is 14.4. The van der Waals surface area contributed by atoms with Crippen LogP contribution in [-0.4, -0.2) is 22.4 Å². The molecule has 1 aromatic rings. The number of nitro benzene ring substituents is 2. The number of amides is 1. The zero-order valence-corrected chi connectivity index (χ0v) is 9.12. The van der Waals surface area contributed by atoms with Crippen LogP contribution in [0, 0.1) is 20.2 Å². The summed E-state index contributed by atoms with van der Waals surface area (Å²) in [5, 5.41) is 23.8. The van der Waals surface area contributed by atoms with E-state index in [0.717, 1.165) is 18.2 Å². The monoisotopic (exact) mass is 267 g/mol. The molecule has 0 heterocycles. The zero-order valence-electron chi connectivity index (χ0n) is 9.12. The van der Waals surface area contributed by atoms with Gasteiger partial charge < -0.3 is 4.74 Å². The van der Waals surface area contributed by atoms with Crippen LogP contribution in [0.3, 0.4) is 0 Å². The molecule has 11 heteroatoms. The number of carbonyl (C=O) groups excluding carboxylic acids is 1. The van der Waals surface area contributed by atoms with E-state index < -0.39 is 33.7 Å². The van der Waals surface area contributed by atoms with E-state index in [1.165, 1.54) is 0 Å². The van der Waals surface area contributed by atoms with E-state index in [1.54, 1.807) is 0 Å². The van der Waals surface area contributed by atoms with Crippen LogP contribution in [0.4, 0.5) is 11.4 Å². The summed E-state index contributed by atoms with van der Waals surface area (Å²) in [6.45, 7) is -0.678. The van der Waals surface area contributed by atoms with Crippen molar-refractivity contribution in [3.8, 4) is 5.75 Å². The highest BCUT2D eigenvalue weighted by atomic mass is 16.6. The Morgan fingerprint density at radius 1 is 1.26 bits per heavy atom. The van der Waals surface area contributed by atoms with Crippen molar-refractivity contribution < 1.29 is 19.4 Å². The van der Waals surface area contributed by atoms with Crippen LogP contribution in [0.15, 0.2) is 23.3 Å². The fourth-order valence-electron chi connectivity index (χ4n) is 1.09. The predicted molar refractivity (Wildman–Crippen MR) is 59.4 cm³/mol. The van der Waals surface area contributed by atoms with Gasteiger partial charge in [-0.2, -0.15) is 0 Å². The van der Waals surface area contributed by atoms with Crippen molar-refractivity contribution in [1.82, 2.24) is 0 Å². The van der Waals surface area contributed by atoms with Gasteiger partial charge >= 0.3 is 0 Å². The minimum Gasteiger partial charge on any atom is -0.485 e. The van der Waals surface area contributed by atoms with Crippen LogP contribution in [0.2, 0.25) is 0 Å². The van der Waals surface area contributed by atoms with Gasteiger partial charge in [0.1, 0.15) is 5.75 Å². The van der Waals surface area contributed by atoms with E-state index in [2.05, 4.69) is 10.0 Å². The lowest BCUT2D eigenvalue weighted by molar-refractivity contribution is -0.394. The molecule has 1 aromatic carbocycles. The van der Waals surface area contributed by atoms with Crippen LogP contribution in [-0.2, 0) is 4.79 Å². The van der Waals surface area contributed by atoms with Crippen molar-refractivity contribution in [1.29, 1.82) is 0 Å². The first-order valence-electron chi connectivity index (χ1n) is 4.58. The molecule has 11 nitrogen and oxygen atoms in total. The van der Waals surface area contributed by atoms with Crippen molar-refractivity contribution in [3.05, 3.63) is 48.9 Å². The molecule has 0 aliphatic rings. The Labute approximate surface area is 104 Å². The van der Waals surface area contributed by atoms with Crippen molar-refractivity contribution in [3.63, 3.8) is 0 Å². The van der Waals surface area contributed by atoms with Crippen LogP contribution in [0.1, 0.15) is 0 Å². The van der Waals surface area contributed by atoms with Gasteiger partial charge in [-0.25, -0.2) is 0 Å². The molecule has 0 fully saturated rings. The molecule has 0 spiro atoms. The highest BCUT2D eigenvalue weighted by molar-refractivity contribution is 5.78. The quantitative estimate of drug-likeness (QED) is 0.259. The second kappa shape index (κ2) is 5.93. The number of rotatable bonds is 5. The summed E-state index contributed by atoms with van der Waals surface area (Å²) in [7, 11) is 0. The lowest BCUT2D eigenvalue weighted by Crippen LogP contribution is -2.08. The molecule has 0 N–H and O–H groups in total. The molecule has 0 saturated heterocycles. The van der Waals surface area contributed by atoms with E-state index in [1.807, 2.05) is 0 Å². The Kier molecular flexibility index (Phi) is 4.33. The van der Waals surface area contributed by atoms with Gasteiger partial charge in [0, 0.05) is 4.91 Å². The van der Waals surface area contributed by atoms with Crippen molar-refractivity contribution in [2.24, 2.45) is 5.11 Å². The number of nitro groups is 2. The normalized spacial score (nSPS) is 9.26. The molecule has 98 valence electrons. The summed E-state index contributed by atoms with van der Waals surface area (Å²) in [6, 6.07) is 2.58. The molecule has 1 rings (SSSR count). The molecule has 0 radical (unpaired) electrons. The van der Waals surface area contributed by atoms with Gasteiger partial charge in [0.15, 0.2) is 6.61 Å². The van der Waals surface area contributed by atoms with Crippen molar-refractivity contribution >= 4 is 17.3 Å². The molecule has 0 aliphatic carbocycles. The fourth-order valence-corrected chi connectivity index (χ4v) is 1.09. The third-order valence-electron chi connectivity index (χ3n) is 1.82. The maximum Gasteiger partial charge on any atom is 0.280 e. The summed E-state index contributed by atoms with van der Waals surface area (Å²) in [6.07, 6.45) is 0. The number of nitrogens with zero attached hydrogens (tertiary/aromatic N) is 5. The van der Waals surface area contributed by atoms with Gasteiger partial charge in [0.05, 0.1) is 28.0 Å². The summed E-state index contributed by atoms with van der Waals surface area (Å²) < 4.78 is 4.78. The molecule has 0 aromatic heterocycles. The second-order valence-electron chi connectivity index (χ2n) is 3.07. The number of ether oxygens (including phenoxy) is 1. The topological polar surface area (TPSA) is 161 Å². The van der Waals surface area contributed by atoms with Crippen molar-refractivity contribution in [2.45, 2.75) is 0 Å². The number of hydrogen-bond acceptors (Lipinski definition) is 6. The molecule has 19 heavy (non-hydrogen) atoms. The predicted octanol–water partition coefficient (Wildman–Crippen LogP) is 1.72. The Hall–Kier alpha value is -3.20. The minimum absolute atomic E-state index is 0.248. The summed E-state index contributed by atoms with van der Waals surface area (Å²) in [5.41, 5.74) is 6.86. The molecule has 1 amide bonds. The van der Waals surface area contributed by atoms with E-state index in [4.69, 9.17) is 10.3 Å². The van der Waals surface area contributed by atoms with E-state index >= 15 is 0 Å². The fraction of sp³-hybridized carbons (Fsp3) is 0.125. The number of hydrogen-bond donors (Lipinski definition) is 0. The molecular weight excluding hydrogens is 262 g/mol. The van der Waals surface area contributed by atoms with Crippen LogP contribution in [0.5, 0.6) is 5.75 Å². The van der Waals surface area contributed by atoms with Gasteiger partial charge in [-0.05, 0) is 10.6 Å². The largest absolute Gasteiger partial charge is 0.485 e. The Balaban J connectivity index is 3.00. The first kappa shape index (κ1) is 13.9. The van der Waals surface area contributed by atoms with Gasteiger partial charge in [-0.1, -0.05) is 0 Å². The first-order valence-corrected chi connectivity index (χ1v) is 4.58. The van der Waals surface area contributed by atoms with Gasteiger partial charge in [-0.3, -0.25) is 25.0 Å². The van der Waals surface area contributed by atoms with Crippen LogP contribution < -0.4 is 4.74 Å². The van der Waals surface area contributed by atoms with Crippen molar-refractivity contribution in [2.75, 3.05) is 6.61 Å². The molecule has 0 aliphatic heterocycles. The average Bonchev–Trinajstić information content (AvgIpc) is 2.36. The minimum atomic E-state index is -0.961. The molecule has 0 bridgehead atoms. The summed E-state index contributed by atoms with van der Waals surface area (Å²) in [4.78, 5) is 32.5. The van der Waals surface area contributed by atoms with Crippen LogP contribution in [0.25, 0.3) is 10.4 Å². The Bertz CT molecular complexity index is 561. The first-order chi connectivity index (χ1) is 8.93. The second-order valence-corrected chi connectivity index (χ2v) is 3.07. The number of carbonyl (C=O) groups is 1. The number of azide groups is 1. The lowest BCUT2D eigenvalue weighted by Gasteiger charge is -2.03. The van der Waals surface area contributed by atoms with Gasteiger partial charge in [0.2, 0.25) is 0 Å². The highest BCUT2D eigenvalue weighted by Gasteiger charge is 2.17. The Morgan fingerprint density at radius 2 is 1.79 bits per heavy atom. The lowest BCUT2D eigenvalue weighted by atomic mass is 10.2. The molecule has 0 unspecified atom stereocenters. The maximum atomic E-state index is 10.8.